The molecule has 0 saturated heterocycles. The van der Waals surface area contributed by atoms with Gasteiger partial charge in [-0.05, 0) is 54.1 Å². The molecule has 0 aliphatic rings. The van der Waals surface area contributed by atoms with Gasteiger partial charge in [-0.1, -0.05) is 32.9 Å². The summed E-state index contributed by atoms with van der Waals surface area (Å²) in [5, 5.41) is 14.8. The Labute approximate surface area is 294 Å². The lowest BCUT2D eigenvalue weighted by Gasteiger charge is -2.18. The SMILES string of the molecule is Cn1c(=O)n(-c2ccc(C[C@H](NC(=O)c3cc(F)c(NS(=O)(=O)c4ccc(NC(=O)C(C)(C)C)cc4)cc3F)C(=O)O)cc2)c(=O)c2ccncc21. The van der Waals surface area contributed by atoms with Gasteiger partial charge >= 0.3 is 11.7 Å². The number of sulfonamides is 1. The zero-order chi connectivity index (χ0) is 38.1. The second kappa shape index (κ2) is 14.2. The highest BCUT2D eigenvalue weighted by Crippen LogP contribution is 2.25. The molecular formula is C35H32F2N6O8S. The first kappa shape index (κ1) is 37.0. The van der Waals surface area contributed by atoms with Gasteiger partial charge in [0, 0.05) is 36.8 Å². The molecule has 2 aromatic heterocycles. The van der Waals surface area contributed by atoms with E-state index in [4.69, 9.17) is 0 Å². The van der Waals surface area contributed by atoms with Gasteiger partial charge in [0.1, 0.15) is 17.7 Å². The smallest absolute Gasteiger partial charge is 0.335 e. The van der Waals surface area contributed by atoms with Gasteiger partial charge in [0.05, 0.1) is 38.9 Å². The highest BCUT2D eigenvalue weighted by molar-refractivity contribution is 7.92. The molecule has 14 nitrogen and oxygen atoms in total. The second-order valence-corrected chi connectivity index (χ2v) is 14.4. The molecule has 0 unspecified atom stereocenters. The molecule has 0 radical (unpaired) electrons. The minimum absolute atomic E-state index is 0.193. The summed E-state index contributed by atoms with van der Waals surface area (Å²) in [6.07, 6.45) is 2.48. The molecule has 0 aliphatic carbocycles. The van der Waals surface area contributed by atoms with E-state index < -0.39 is 67.5 Å². The van der Waals surface area contributed by atoms with E-state index in [0.29, 0.717) is 28.9 Å². The number of fused-ring (bicyclic) bond motifs is 1. The fourth-order valence-corrected chi connectivity index (χ4v) is 6.07. The van der Waals surface area contributed by atoms with Gasteiger partial charge < -0.3 is 15.7 Å². The Bertz CT molecular complexity index is 2460. The summed E-state index contributed by atoms with van der Waals surface area (Å²) in [6.45, 7) is 5.09. The summed E-state index contributed by atoms with van der Waals surface area (Å²) in [5.74, 6) is -5.76. The summed E-state index contributed by atoms with van der Waals surface area (Å²) in [6, 6.07) is 11.4. The van der Waals surface area contributed by atoms with E-state index >= 15 is 8.78 Å². The maximum absolute atomic E-state index is 15.1. The molecule has 5 rings (SSSR count). The van der Waals surface area contributed by atoms with Gasteiger partial charge in [0.25, 0.3) is 21.5 Å². The van der Waals surface area contributed by atoms with Gasteiger partial charge in [-0.3, -0.25) is 28.7 Å². The monoisotopic (exact) mass is 734 g/mol. The third kappa shape index (κ3) is 7.73. The number of carboxylic acids is 1. The van der Waals surface area contributed by atoms with Crippen molar-refractivity contribution in [3.63, 3.8) is 0 Å². The molecule has 1 atom stereocenters. The summed E-state index contributed by atoms with van der Waals surface area (Å²) >= 11 is 0. The number of carbonyl (C=O) groups is 3. The van der Waals surface area contributed by atoms with E-state index in [9.17, 15) is 37.5 Å². The van der Waals surface area contributed by atoms with Crippen LogP contribution in [0.4, 0.5) is 20.2 Å². The van der Waals surface area contributed by atoms with Crippen LogP contribution in [0.3, 0.4) is 0 Å². The molecule has 0 bridgehead atoms. The van der Waals surface area contributed by atoms with Gasteiger partial charge in [-0.2, -0.15) is 0 Å². The number of aliphatic carboxylic acids is 1. The summed E-state index contributed by atoms with van der Waals surface area (Å²) in [4.78, 5) is 66.8. The topological polar surface area (TPSA) is 199 Å². The van der Waals surface area contributed by atoms with Crippen LogP contribution in [0.25, 0.3) is 16.6 Å². The Balaban J connectivity index is 1.29. The van der Waals surface area contributed by atoms with Crippen molar-refractivity contribution in [2.24, 2.45) is 12.5 Å². The number of aryl methyl sites for hydroxylation is 1. The predicted octanol–water partition coefficient (Wildman–Crippen LogP) is 3.57. The highest BCUT2D eigenvalue weighted by Gasteiger charge is 2.26. The third-order valence-corrected chi connectivity index (χ3v) is 9.34. The molecular weight excluding hydrogens is 702 g/mol. The minimum atomic E-state index is -4.45. The maximum Gasteiger partial charge on any atom is 0.335 e. The average molecular weight is 735 g/mol. The standard InChI is InChI=1S/C35H32F2N6O8S/c1-35(2,3)33(48)39-20-7-11-22(12-8-20)52(50,51)41-27-17-25(36)24(16-26(27)37)30(44)40-28(32(46)47)15-19-5-9-21(10-6-19)43-31(45)23-13-14-38-18-29(23)42(4)34(43)49/h5-14,16-18,28,41H,15H2,1-4H3,(H,39,48)(H,40,44)(H,46,47)/t28-/m0/s1. The number of benzene rings is 3. The van der Waals surface area contributed by atoms with Crippen molar-refractivity contribution < 1.29 is 36.7 Å². The number of hydrogen-bond donors (Lipinski definition) is 4. The zero-order valence-electron chi connectivity index (χ0n) is 28.1. The molecule has 4 N–H and O–H groups in total. The average Bonchev–Trinajstić information content (AvgIpc) is 3.08. The fourth-order valence-electron chi connectivity index (χ4n) is 5.01. The van der Waals surface area contributed by atoms with Crippen LogP contribution in [0.15, 0.2) is 93.6 Å². The third-order valence-electron chi connectivity index (χ3n) is 7.96. The molecule has 0 fully saturated rings. The lowest BCUT2D eigenvalue weighted by Crippen LogP contribution is -2.42. The lowest BCUT2D eigenvalue weighted by molar-refractivity contribution is -0.139. The Morgan fingerprint density at radius 2 is 1.60 bits per heavy atom. The van der Waals surface area contributed by atoms with Crippen molar-refractivity contribution in [3.8, 4) is 5.69 Å². The van der Waals surface area contributed by atoms with Crippen molar-refractivity contribution in [3.05, 3.63) is 123 Å². The van der Waals surface area contributed by atoms with E-state index in [1.54, 1.807) is 20.8 Å². The van der Waals surface area contributed by atoms with E-state index in [-0.39, 0.29) is 28.3 Å². The van der Waals surface area contributed by atoms with Gasteiger partial charge in [0.2, 0.25) is 5.91 Å². The van der Waals surface area contributed by atoms with Gasteiger partial charge in [0.15, 0.2) is 0 Å². The van der Waals surface area contributed by atoms with Crippen LogP contribution in [-0.4, -0.2) is 51.5 Å². The first-order valence-electron chi connectivity index (χ1n) is 15.5. The number of carbonyl (C=O) groups excluding carboxylic acids is 2. The van der Waals surface area contributed by atoms with Crippen molar-refractivity contribution in [1.29, 1.82) is 0 Å². The summed E-state index contributed by atoms with van der Waals surface area (Å²) in [7, 11) is -2.97. The molecule has 3 aromatic carbocycles. The quantitative estimate of drug-likeness (QED) is 0.166. The molecule has 270 valence electrons. The number of rotatable bonds is 10. The van der Waals surface area contributed by atoms with E-state index in [2.05, 4.69) is 15.6 Å². The Kier molecular flexibility index (Phi) is 10.1. The Morgan fingerprint density at radius 3 is 2.21 bits per heavy atom. The number of nitrogens with one attached hydrogen (secondary N) is 3. The van der Waals surface area contributed by atoms with Crippen molar-refractivity contribution >= 4 is 50.1 Å². The molecule has 17 heteroatoms. The van der Waals surface area contributed by atoms with Crippen LogP contribution in [0, 0.1) is 17.0 Å². The molecule has 0 spiro atoms. The molecule has 5 aromatic rings. The molecule has 2 amide bonds. The van der Waals surface area contributed by atoms with Crippen LogP contribution in [0.5, 0.6) is 0 Å². The normalized spacial score (nSPS) is 12.3. The number of nitrogens with zero attached hydrogens (tertiary/aromatic N) is 3. The maximum atomic E-state index is 15.1. The molecule has 0 saturated carbocycles. The summed E-state index contributed by atoms with van der Waals surface area (Å²) in [5.41, 5.74) is -2.44. The fraction of sp³-hybridized carbons (Fsp3) is 0.200. The van der Waals surface area contributed by atoms with Crippen LogP contribution in [-0.2, 0) is 33.1 Å². The zero-order valence-corrected chi connectivity index (χ0v) is 28.9. The number of halogens is 2. The number of aromatic nitrogens is 3. The molecule has 0 aliphatic heterocycles. The van der Waals surface area contributed by atoms with Crippen LogP contribution >= 0.6 is 0 Å². The van der Waals surface area contributed by atoms with Crippen LogP contribution < -0.4 is 26.6 Å². The number of amides is 2. The van der Waals surface area contributed by atoms with Gasteiger partial charge in [-0.15, -0.1) is 0 Å². The molecule has 52 heavy (non-hydrogen) atoms. The van der Waals surface area contributed by atoms with E-state index in [1.165, 1.54) is 66.5 Å². The van der Waals surface area contributed by atoms with Crippen LogP contribution in [0.1, 0.15) is 36.7 Å². The van der Waals surface area contributed by atoms with Crippen molar-refractivity contribution in [2.75, 3.05) is 10.0 Å². The second-order valence-electron chi connectivity index (χ2n) is 12.8. The Hall–Kier alpha value is -6.23. The first-order chi connectivity index (χ1) is 24.4. The van der Waals surface area contributed by atoms with Crippen molar-refractivity contribution in [1.82, 2.24) is 19.4 Å². The summed E-state index contributed by atoms with van der Waals surface area (Å²) < 4.78 is 60.1. The van der Waals surface area contributed by atoms with Crippen LogP contribution in [0.2, 0.25) is 0 Å². The first-order valence-corrected chi connectivity index (χ1v) is 17.0. The molecule has 2 heterocycles. The number of hydrogen-bond acceptors (Lipinski definition) is 8. The van der Waals surface area contributed by atoms with E-state index in [0.717, 1.165) is 16.7 Å². The lowest BCUT2D eigenvalue weighted by atomic mass is 9.95. The largest absolute Gasteiger partial charge is 0.480 e. The predicted molar refractivity (Wildman–Crippen MR) is 187 cm³/mol. The Morgan fingerprint density at radius 1 is 0.942 bits per heavy atom. The number of pyridine rings is 1. The van der Waals surface area contributed by atoms with Gasteiger partial charge in [-0.25, -0.2) is 31.4 Å². The number of carboxylic acid groups (broad SMARTS) is 1. The van der Waals surface area contributed by atoms with E-state index in [1.807, 2.05) is 4.72 Å². The van der Waals surface area contributed by atoms with Crippen molar-refractivity contribution in [2.45, 2.75) is 38.1 Å². The number of anilines is 2. The highest BCUT2D eigenvalue weighted by atomic mass is 32.2. The minimum Gasteiger partial charge on any atom is -0.480 e.